The van der Waals surface area contributed by atoms with Crippen LogP contribution in [0.15, 0.2) is 30.3 Å². The number of carbonyl (C=O) groups is 1. The number of hydrogen-bond donors (Lipinski definition) is 2. The van der Waals surface area contributed by atoms with Crippen LogP contribution in [0.25, 0.3) is 5.65 Å². The number of fused-ring (bicyclic) bond motifs is 1. The first kappa shape index (κ1) is 27.1. The fraction of sp³-hybridized carbons (Fsp3) is 0.519. The lowest BCUT2D eigenvalue weighted by atomic mass is 9.98. The second-order valence-corrected chi connectivity index (χ2v) is 13.1. The number of rotatable bonds is 6. The number of anilines is 3. The summed E-state index contributed by atoms with van der Waals surface area (Å²) >= 11 is 6.24. The number of likely N-dealkylation sites (tertiary alicyclic amines) is 1. The minimum atomic E-state index is -3.60. The lowest BCUT2D eigenvalue weighted by molar-refractivity contribution is 0.0607. The minimum absolute atomic E-state index is 0.201. The summed E-state index contributed by atoms with van der Waals surface area (Å²) in [7, 11) is -3.60. The zero-order valence-electron chi connectivity index (χ0n) is 22.5. The van der Waals surface area contributed by atoms with Gasteiger partial charge in [0.05, 0.1) is 35.3 Å². The lowest BCUT2D eigenvalue weighted by Crippen LogP contribution is -2.39. The molecule has 3 aliphatic heterocycles. The molecule has 40 heavy (non-hydrogen) atoms. The molecular formula is C27H34ClN7O4S. The van der Waals surface area contributed by atoms with E-state index in [2.05, 4.69) is 20.6 Å². The molecule has 1 unspecified atom stereocenters. The molecule has 1 atom stereocenters. The number of hydrogen-bond acceptors (Lipinski definition) is 8. The van der Waals surface area contributed by atoms with Gasteiger partial charge in [0, 0.05) is 49.9 Å². The van der Waals surface area contributed by atoms with E-state index in [1.165, 1.54) is 12.1 Å². The highest BCUT2D eigenvalue weighted by molar-refractivity contribution is 7.92. The molecule has 2 N–H and O–H groups in total. The predicted octanol–water partition coefficient (Wildman–Crippen LogP) is 3.29. The Kier molecular flexibility index (Phi) is 7.26. The van der Waals surface area contributed by atoms with Gasteiger partial charge in [-0.2, -0.15) is 9.61 Å². The van der Waals surface area contributed by atoms with Gasteiger partial charge < -0.3 is 19.8 Å². The molecule has 0 radical (unpaired) electrons. The Morgan fingerprint density at radius 2 is 1.77 bits per heavy atom. The van der Waals surface area contributed by atoms with Crippen molar-refractivity contribution in [3.05, 3.63) is 46.6 Å². The van der Waals surface area contributed by atoms with Crippen LogP contribution in [0.5, 0.6) is 0 Å². The summed E-state index contributed by atoms with van der Waals surface area (Å²) in [5, 5.41) is 15.4. The average molecular weight is 588 g/mol. The van der Waals surface area contributed by atoms with Crippen LogP contribution in [0.1, 0.15) is 60.6 Å². The summed E-state index contributed by atoms with van der Waals surface area (Å²) in [5.74, 6) is 1.56. The molecule has 6 rings (SSSR count). The number of sulfonamides is 1. The zero-order chi connectivity index (χ0) is 28.0. The molecule has 0 saturated carbocycles. The van der Waals surface area contributed by atoms with Gasteiger partial charge in [-0.05, 0) is 56.7 Å². The van der Waals surface area contributed by atoms with Crippen LogP contribution in [0.4, 0.5) is 17.3 Å². The summed E-state index contributed by atoms with van der Waals surface area (Å²) in [6.07, 6.45) is 5.82. The molecule has 0 spiro atoms. The molecule has 13 heteroatoms. The van der Waals surface area contributed by atoms with Gasteiger partial charge in [-0.1, -0.05) is 11.6 Å². The molecule has 1 amide bonds. The standard InChI is InChI=1S/C27H34ClN7O4S/c1-40(38,39)31-21-7-6-18(28)15-20(21)27(37)34-12-3-2-5-23(34)22-16-25-29-24(32-10-4-11-32)17-26(35(25)30-22)33-13-8-19(36)9-14-33/h6-7,15-17,19,23,31,36H,2-5,8-14H2,1H3. The maximum Gasteiger partial charge on any atom is 0.256 e. The predicted molar refractivity (Wildman–Crippen MR) is 155 cm³/mol. The molecule has 3 aromatic rings. The van der Waals surface area contributed by atoms with E-state index in [0.717, 1.165) is 81.1 Å². The highest BCUT2D eigenvalue weighted by Gasteiger charge is 2.33. The Bertz CT molecular complexity index is 1530. The van der Waals surface area contributed by atoms with Gasteiger partial charge in [0.1, 0.15) is 11.6 Å². The van der Waals surface area contributed by atoms with E-state index in [9.17, 15) is 18.3 Å². The van der Waals surface area contributed by atoms with Crippen molar-refractivity contribution in [1.29, 1.82) is 0 Å². The third-order valence-electron chi connectivity index (χ3n) is 7.99. The zero-order valence-corrected chi connectivity index (χ0v) is 24.0. The van der Waals surface area contributed by atoms with Crippen LogP contribution < -0.4 is 14.5 Å². The highest BCUT2D eigenvalue weighted by atomic mass is 35.5. The average Bonchev–Trinajstić information content (AvgIpc) is 3.32. The molecule has 11 nitrogen and oxygen atoms in total. The fourth-order valence-corrected chi connectivity index (χ4v) is 6.52. The number of carbonyl (C=O) groups excluding carboxylic acids is 1. The molecule has 3 fully saturated rings. The third kappa shape index (κ3) is 5.44. The number of piperidine rings is 2. The van der Waals surface area contributed by atoms with Crippen molar-refractivity contribution in [2.45, 2.75) is 50.7 Å². The molecule has 214 valence electrons. The normalized spacial score (nSPS) is 20.6. The summed E-state index contributed by atoms with van der Waals surface area (Å²) < 4.78 is 28.3. The summed E-state index contributed by atoms with van der Waals surface area (Å²) in [6.45, 7) is 3.92. The van der Waals surface area contributed by atoms with Crippen LogP contribution >= 0.6 is 11.6 Å². The first-order valence-corrected chi connectivity index (χ1v) is 16.1. The number of amides is 1. The number of aromatic nitrogens is 3. The van der Waals surface area contributed by atoms with Gasteiger partial charge in [-0.15, -0.1) is 0 Å². The van der Waals surface area contributed by atoms with Crippen molar-refractivity contribution < 1.29 is 18.3 Å². The number of benzene rings is 1. The van der Waals surface area contributed by atoms with E-state index in [0.29, 0.717) is 24.4 Å². The van der Waals surface area contributed by atoms with Crippen molar-refractivity contribution in [3.63, 3.8) is 0 Å². The molecular weight excluding hydrogens is 554 g/mol. The van der Waals surface area contributed by atoms with Gasteiger partial charge >= 0.3 is 0 Å². The first-order chi connectivity index (χ1) is 19.2. The molecule has 2 aromatic heterocycles. The van der Waals surface area contributed by atoms with E-state index in [4.69, 9.17) is 21.7 Å². The van der Waals surface area contributed by atoms with Crippen LogP contribution in [0.2, 0.25) is 5.02 Å². The lowest BCUT2D eigenvalue weighted by Gasteiger charge is -2.35. The Labute approximate surface area is 238 Å². The number of halogens is 1. The van der Waals surface area contributed by atoms with Gasteiger partial charge in [-0.25, -0.2) is 13.4 Å². The molecule has 5 heterocycles. The number of nitrogens with one attached hydrogen (secondary N) is 1. The largest absolute Gasteiger partial charge is 0.393 e. The van der Waals surface area contributed by atoms with Crippen molar-refractivity contribution >= 4 is 50.5 Å². The van der Waals surface area contributed by atoms with Gasteiger partial charge in [-0.3, -0.25) is 9.52 Å². The van der Waals surface area contributed by atoms with Crippen molar-refractivity contribution in [2.24, 2.45) is 0 Å². The molecule has 0 aliphatic carbocycles. The van der Waals surface area contributed by atoms with Gasteiger partial charge in [0.15, 0.2) is 5.65 Å². The van der Waals surface area contributed by atoms with Crippen molar-refractivity contribution in [1.82, 2.24) is 19.5 Å². The summed E-state index contributed by atoms with van der Waals surface area (Å²) in [4.78, 5) is 25.1. The quantitative estimate of drug-likeness (QED) is 0.450. The van der Waals surface area contributed by atoms with Crippen LogP contribution in [0, 0.1) is 0 Å². The monoisotopic (exact) mass is 587 g/mol. The molecule has 3 saturated heterocycles. The van der Waals surface area contributed by atoms with Crippen LogP contribution in [0.3, 0.4) is 0 Å². The van der Waals surface area contributed by atoms with E-state index < -0.39 is 10.0 Å². The SMILES string of the molecule is CS(=O)(=O)Nc1ccc(Cl)cc1C(=O)N1CCCCC1c1cc2nc(N3CCC3)cc(N3CCC(O)CC3)n2n1. The van der Waals surface area contributed by atoms with Crippen LogP contribution in [-0.2, 0) is 10.0 Å². The van der Waals surface area contributed by atoms with E-state index >= 15 is 0 Å². The van der Waals surface area contributed by atoms with Crippen molar-refractivity contribution in [2.75, 3.05) is 53.5 Å². The second kappa shape index (κ2) is 10.7. The van der Waals surface area contributed by atoms with Crippen molar-refractivity contribution in [3.8, 4) is 0 Å². The van der Waals surface area contributed by atoms with E-state index in [-0.39, 0.29) is 29.3 Å². The maximum absolute atomic E-state index is 13.9. The smallest absolute Gasteiger partial charge is 0.256 e. The number of aliphatic hydroxyl groups excluding tert-OH is 1. The highest BCUT2D eigenvalue weighted by Crippen LogP contribution is 2.35. The minimum Gasteiger partial charge on any atom is -0.393 e. The Morgan fingerprint density at radius 3 is 2.48 bits per heavy atom. The summed E-state index contributed by atoms with van der Waals surface area (Å²) in [5.41, 5.74) is 1.88. The third-order valence-corrected chi connectivity index (χ3v) is 8.82. The first-order valence-electron chi connectivity index (χ1n) is 13.8. The maximum atomic E-state index is 13.9. The van der Waals surface area contributed by atoms with Gasteiger partial charge in [0.2, 0.25) is 10.0 Å². The molecule has 1 aromatic carbocycles. The second-order valence-electron chi connectivity index (χ2n) is 10.9. The Balaban J connectivity index is 1.38. The molecule has 0 bridgehead atoms. The fourth-order valence-electron chi connectivity index (χ4n) is 5.77. The Morgan fingerprint density at radius 1 is 1.00 bits per heavy atom. The number of aliphatic hydroxyl groups is 1. The summed E-state index contributed by atoms with van der Waals surface area (Å²) in [6, 6.07) is 8.34. The van der Waals surface area contributed by atoms with Crippen LogP contribution in [-0.4, -0.2) is 84.0 Å². The Hall–Kier alpha value is -3.09. The van der Waals surface area contributed by atoms with Gasteiger partial charge in [0.25, 0.3) is 5.91 Å². The topological polar surface area (TPSA) is 123 Å². The molecule has 3 aliphatic rings. The van der Waals surface area contributed by atoms with E-state index in [1.54, 1.807) is 11.0 Å². The van der Waals surface area contributed by atoms with E-state index in [1.807, 2.05) is 10.6 Å². The number of nitrogens with zero attached hydrogens (tertiary/aromatic N) is 6.